The number of carbonyl (C=O) groups is 2. The molecule has 1 aromatic heterocycles. The van der Waals surface area contributed by atoms with E-state index < -0.39 is 28.2 Å². The van der Waals surface area contributed by atoms with Crippen molar-refractivity contribution in [2.45, 2.75) is 39.2 Å². The molecule has 10 nitrogen and oxygen atoms in total. The van der Waals surface area contributed by atoms with Crippen molar-refractivity contribution in [3.8, 4) is 16.9 Å². The quantitative estimate of drug-likeness (QED) is 0.163. The second-order valence-electron chi connectivity index (χ2n) is 10.3. The zero-order valence-corrected chi connectivity index (χ0v) is 22.5. The lowest BCUT2D eigenvalue weighted by molar-refractivity contribution is -0.385. The number of phenols is 1. The number of aromatic hydroxyl groups is 1. The monoisotopic (exact) mass is 542 g/mol. The van der Waals surface area contributed by atoms with Crippen molar-refractivity contribution in [1.82, 2.24) is 10.9 Å². The number of hydrogen-bond acceptors (Lipinski definition) is 7. The van der Waals surface area contributed by atoms with Gasteiger partial charge in [0.25, 0.3) is 5.91 Å². The summed E-state index contributed by atoms with van der Waals surface area (Å²) < 4.78 is 5.38. The van der Waals surface area contributed by atoms with E-state index in [1.54, 1.807) is 6.07 Å². The summed E-state index contributed by atoms with van der Waals surface area (Å²) in [6.07, 6.45) is 1.37. The fourth-order valence-corrected chi connectivity index (χ4v) is 4.40. The average Bonchev–Trinajstić information content (AvgIpc) is 3.42. The van der Waals surface area contributed by atoms with Gasteiger partial charge in [-0.2, -0.15) is 0 Å². The SMILES string of the molecule is CC(Nc1ccc(-c2ccoc2C(=O)NNC(=O)c2ccc(O)c([N+](=O)[O-])c2)cc1)c1ccccc1C(C)(C)C. The molecule has 0 bridgehead atoms. The Kier molecular flexibility index (Phi) is 7.90. The van der Waals surface area contributed by atoms with Crippen LogP contribution < -0.4 is 16.2 Å². The van der Waals surface area contributed by atoms with Crippen LogP contribution in [0.15, 0.2) is 83.5 Å². The molecule has 0 saturated carbocycles. The second kappa shape index (κ2) is 11.3. The van der Waals surface area contributed by atoms with E-state index in [1.807, 2.05) is 30.3 Å². The van der Waals surface area contributed by atoms with Crippen LogP contribution in [-0.4, -0.2) is 21.8 Å². The van der Waals surface area contributed by atoms with Gasteiger partial charge >= 0.3 is 11.6 Å². The third-order valence-corrected chi connectivity index (χ3v) is 6.41. The number of anilines is 1. The van der Waals surface area contributed by atoms with Gasteiger partial charge in [-0.3, -0.25) is 30.6 Å². The van der Waals surface area contributed by atoms with Gasteiger partial charge in [-0.1, -0.05) is 57.2 Å². The maximum atomic E-state index is 12.8. The maximum absolute atomic E-state index is 12.8. The number of hydrogen-bond donors (Lipinski definition) is 4. The van der Waals surface area contributed by atoms with Crippen LogP contribution in [0.3, 0.4) is 0 Å². The average molecular weight is 543 g/mol. The summed E-state index contributed by atoms with van der Waals surface area (Å²) in [6, 6.07) is 20.8. The number of phenolic OH excluding ortho intramolecular Hbond substituents is 1. The van der Waals surface area contributed by atoms with E-state index in [-0.39, 0.29) is 22.8 Å². The van der Waals surface area contributed by atoms with Crippen LogP contribution in [0.1, 0.15) is 65.8 Å². The van der Waals surface area contributed by atoms with Crippen LogP contribution in [-0.2, 0) is 5.41 Å². The van der Waals surface area contributed by atoms with Crippen LogP contribution in [0.5, 0.6) is 5.75 Å². The Balaban J connectivity index is 1.43. The van der Waals surface area contributed by atoms with Crippen LogP contribution in [0.4, 0.5) is 11.4 Å². The van der Waals surface area contributed by atoms with Gasteiger partial charge in [0.15, 0.2) is 5.75 Å². The topological polar surface area (TPSA) is 147 Å². The number of hydrazine groups is 1. The van der Waals surface area contributed by atoms with E-state index in [4.69, 9.17) is 4.42 Å². The number of nitrogens with one attached hydrogen (secondary N) is 3. The highest BCUT2D eigenvalue weighted by Gasteiger charge is 2.22. The minimum Gasteiger partial charge on any atom is -0.502 e. The molecule has 4 rings (SSSR count). The smallest absolute Gasteiger partial charge is 0.311 e. The highest BCUT2D eigenvalue weighted by atomic mass is 16.6. The third-order valence-electron chi connectivity index (χ3n) is 6.41. The molecule has 4 N–H and O–H groups in total. The largest absolute Gasteiger partial charge is 0.502 e. The molecule has 1 heterocycles. The van der Waals surface area contributed by atoms with E-state index in [0.29, 0.717) is 5.56 Å². The van der Waals surface area contributed by atoms with Crippen molar-refractivity contribution in [3.63, 3.8) is 0 Å². The summed E-state index contributed by atoms with van der Waals surface area (Å²) in [4.78, 5) is 35.4. The van der Waals surface area contributed by atoms with Crippen molar-refractivity contribution in [2.75, 3.05) is 5.32 Å². The Morgan fingerprint density at radius 1 is 0.950 bits per heavy atom. The molecule has 1 unspecified atom stereocenters. The first-order valence-electron chi connectivity index (χ1n) is 12.6. The summed E-state index contributed by atoms with van der Waals surface area (Å²) in [5.74, 6) is -2.11. The lowest BCUT2D eigenvalue weighted by Gasteiger charge is -2.27. The number of furan rings is 1. The van der Waals surface area contributed by atoms with E-state index in [0.717, 1.165) is 23.4 Å². The number of carbonyl (C=O) groups excluding carboxylic acids is 2. The summed E-state index contributed by atoms with van der Waals surface area (Å²) in [5.41, 5.74) is 8.37. The highest BCUT2D eigenvalue weighted by Crippen LogP contribution is 2.32. The zero-order valence-electron chi connectivity index (χ0n) is 22.5. The predicted molar refractivity (Wildman–Crippen MR) is 151 cm³/mol. The molecular weight excluding hydrogens is 512 g/mol. The minimum absolute atomic E-state index is 0.0101. The molecule has 3 aromatic carbocycles. The van der Waals surface area contributed by atoms with Gasteiger partial charge in [0.2, 0.25) is 5.76 Å². The number of rotatable bonds is 7. The number of benzene rings is 3. The van der Waals surface area contributed by atoms with E-state index >= 15 is 0 Å². The lowest BCUT2D eigenvalue weighted by atomic mass is 9.82. The van der Waals surface area contributed by atoms with E-state index in [9.17, 15) is 24.8 Å². The molecule has 0 radical (unpaired) electrons. The first-order chi connectivity index (χ1) is 19.0. The number of amides is 2. The Morgan fingerprint density at radius 2 is 1.62 bits per heavy atom. The molecule has 1 atom stereocenters. The third kappa shape index (κ3) is 6.12. The molecule has 0 aliphatic heterocycles. The molecule has 0 spiro atoms. The van der Waals surface area contributed by atoms with Crippen molar-refractivity contribution >= 4 is 23.2 Å². The van der Waals surface area contributed by atoms with Gasteiger partial charge in [0, 0.05) is 28.9 Å². The molecule has 10 heteroatoms. The molecule has 206 valence electrons. The Bertz CT molecular complexity index is 1550. The predicted octanol–water partition coefficient (Wildman–Crippen LogP) is 6.11. The van der Waals surface area contributed by atoms with Gasteiger partial charge in [0.1, 0.15) is 0 Å². The molecule has 0 aliphatic carbocycles. The molecule has 0 fully saturated rings. The van der Waals surface area contributed by atoms with Gasteiger partial charge in [-0.25, -0.2) is 0 Å². The number of nitro benzene ring substituents is 1. The second-order valence-corrected chi connectivity index (χ2v) is 10.3. The van der Waals surface area contributed by atoms with Crippen LogP contribution in [0, 0.1) is 10.1 Å². The molecule has 40 heavy (non-hydrogen) atoms. The van der Waals surface area contributed by atoms with Crippen LogP contribution in [0.25, 0.3) is 11.1 Å². The first-order valence-corrected chi connectivity index (χ1v) is 12.6. The lowest BCUT2D eigenvalue weighted by Crippen LogP contribution is -2.41. The van der Waals surface area contributed by atoms with Crippen LogP contribution >= 0.6 is 0 Å². The van der Waals surface area contributed by atoms with E-state index in [2.05, 4.69) is 62.1 Å². The standard InChI is InChI=1S/C30H30N4O6/c1-18(22-7-5-6-8-24(22)30(2,3)4)31-21-12-9-19(10-13-21)23-15-16-40-27(23)29(37)33-32-28(36)20-11-14-26(35)25(17-20)34(38)39/h5-18,31,35H,1-4H3,(H,32,36)(H,33,37). The normalized spacial score (nSPS) is 11.9. The van der Waals surface area contributed by atoms with Crippen molar-refractivity contribution in [2.24, 2.45) is 0 Å². The van der Waals surface area contributed by atoms with Crippen molar-refractivity contribution < 1.29 is 24.0 Å². The first kappa shape index (κ1) is 27.9. The molecule has 2 amide bonds. The van der Waals surface area contributed by atoms with E-state index in [1.165, 1.54) is 23.5 Å². The van der Waals surface area contributed by atoms with Crippen molar-refractivity contribution in [3.05, 3.63) is 112 Å². The fraction of sp³-hybridized carbons (Fsp3) is 0.200. The molecule has 0 saturated heterocycles. The summed E-state index contributed by atoms with van der Waals surface area (Å²) in [6.45, 7) is 8.69. The Hall–Kier alpha value is -5.12. The van der Waals surface area contributed by atoms with Crippen LogP contribution in [0.2, 0.25) is 0 Å². The molecular formula is C30H30N4O6. The number of nitro groups is 1. The summed E-state index contributed by atoms with van der Waals surface area (Å²) in [7, 11) is 0. The Morgan fingerprint density at radius 3 is 2.30 bits per heavy atom. The maximum Gasteiger partial charge on any atom is 0.311 e. The zero-order chi connectivity index (χ0) is 29.0. The summed E-state index contributed by atoms with van der Waals surface area (Å²) in [5, 5.41) is 24.1. The van der Waals surface area contributed by atoms with Gasteiger partial charge in [-0.15, -0.1) is 0 Å². The van der Waals surface area contributed by atoms with Gasteiger partial charge in [0.05, 0.1) is 11.2 Å². The van der Waals surface area contributed by atoms with Crippen molar-refractivity contribution in [1.29, 1.82) is 0 Å². The highest BCUT2D eigenvalue weighted by molar-refractivity contribution is 6.01. The van der Waals surface area contributed by atoms with Gasteiger partial charge < -0.3 is 14.8 Å². The fourth-order valence-electron chi connectivity index (χ4n) is 4.40. The number of nitrogens with zero attached hydrogens (tertiary/aromatic N) is 1. The molecule has 4 aromatic rings. The minimum atomic E-state index is -0.813. The summed E-state index contributed by atoms with van der Waals surface area (Å²) >= 11 is 0. The molecule has 0 aliphatic rings. The van der Waals surface area contributed by atoms with Gasteiger partial charge in [-0.05, 0) is 59.4 Å². The Labute approximate surface area is 231 Å².